The second kappa shape index (κ2) is 3.72. The highest BCUT2D eigenvalue weighted by molar-refractivity contribution is 6.36. The Balaban J connectivity index is 2.22. The van der Waals surface area contributed by atoms with Crippen molar-refractivity contribution < 1.29 is 9.59 Å². The number of carbonyl (C=O) groups excluding carboxylic acids is 2. The van der Waals surface area contributed by atoms with Crippen LogP contribution in [0.1, 0.15) is 43.5 Å². The molecule has 94 valence electrons. The Morgan fingerprint density at radius 3 is 1.65 bits per heavy atom. The number of rotatable bonds is 0. The van der Waals surface area contributed by atoms with Crippen LogP contribution in [0.4, 0.5) is 0 Å². The van der Waals surface area contributed by atoms with Crippen LogP contribution in [0, 0.1) is 0 Å². The first-order valence-electron chi connectivity index (χ1n) is 6.96. The van der Waals surface area contributed by atoms with E-state index >= 15 is 0 Å². The molecule has 2 unspecified atom stereocenters. The summed E-state index contributed by atoms with van der Waals surface area (Å²) in [5.74, 6) is -0.0242. The standard InChI is InChI=1S/C16H12B2O2/c17-13-7-3-1-4-8-11(7)12-9(15(13)19)5-2-6-10(12)16(20)14(8)18/h1-6,13-14H,17-18H2. The van der Waals surface area contributed by atoms with E-state index in [-0.39, 0.29) is 23.2 Å². The summed E-state index contributed by atoms with van der Waals surface area (Å²) in [5.41, 5.74) is 5.52. The zero-order valence-corrected chi connectivity index (χ0v) is 11.4. The van der Waals surface area contributed by atoms with E-state index in [0.717, 1.165) is 22.3 Å². The molecule has 0 radical (unpaired) electrons. The van der Waals surface area contributed by atoms with Crippen LogP contribution in [-0.4, -0.2) is 27.3 Å². The molecule has 2 aliphatic carbocycles. The summed E-state index contributed by atoms with van der Waals surface area (Å²) in [6, 6.07) is 11.5. The fourth-order valence-corrected chi connectivity index (χ4v) is 3.58. The molecule has 0 saturated heterocycles. The van der Waals surface area contributed by atoms with E-state index in [1.165, 1.54) is 0 Å². The van der Waals surface area contributed by atoms with Crippen LogP contribution < -0.4 is 0 Å². The van der Waals surface area contributed by atoms with Crippen LogP contribution in [0.15, 0.2) is 36.4 Å². The van der Waals surface area contributed by atoms with E-state index in [1.54, 1.807) is 0 Å². The molecule has 2 aromatic rings. The molecule has 0 spiro atoms. The van der Waals surface area contributed by atoms with Gasteiger partial charge in [0.1, 0.15) is 15.7 Å². The molecule has 0 aromatic heterocycles. The second-order valence-corrected chi connectivity index (χ2v) is 5.71. The zero-order chi connectivity index (χ0) is 14.0. The topological polar surface area (TPSA) is 34.1 Å². The van der Waals surface area contributed by atoms with Gasteiger partial charge in [-0.3, -0.25) is 9.59 Å². The highest BCUT2D eigenvalue weighted by Gasteiger charge is 2.38. The first-order valence-corrected chi connectivity index (χ1v) is 6.96. The van der Waals surface area contributed by atoms with Crippen molar-refractivity contribution in [1.82, 2.24) is 0 Å². The fourth-order valence-electron chi connectivity index (χ4n) is 3.58. The molecular formula is C16H12B2O2. The quantitative estimate of drug-likeness (QED) is 0.663. The van der Waals surface area contributed by atoms with Gasteiger partial charge in [0.25, 0.3) is 0 Å². The van der Waals surface area contributed by atoms with Gasteiger partial charge in [-0.1, -0.05) is 36.4 Å². The molecule has 2 aromatic carbocycles. The molecule has 0 amide bonds. The molecule has 2 aliphatic rings. The third-order valence-electron chi connectivity index (χ3n) is 4.69. The molecule has 2 atom stereocenters. The van der Waals surface area contributed by atoms with Gasteiger partial charge in [0.05, 0.1) is 0 Å². The minimum absolute atomic E-state index is 0.119. The van der Waals surface area contributed by atoms with Gasteiger partial charge in [0.15, 0.2) is 11.6 Å². The summed E-state index contributed by atoms with van der Waals surface area (Å²) in [7, 11) is 3.91. The molecule has 0 N–H and O–H groups in total. The van der Waals surface area contributed by atoms with Crippen LogP contribution in [-0.2, 0) is 0 Å². The molecular weight excluding hydrogens is 246 g/mol. The molecule has 20 heavy (non-hydrogen) atoms. The van der Waals surface area contributed by atoms with E-state index in [0.29, 0.717) is 11.1 Å². The smallest absolute Gasteiger partial charge is 0.162 e. The fraction of sp³-hybridized carbons (Fsp3) is 0.125. The summed E-state index contributed by atoms with van der Waals surface area (Å²) in [5, 5.41) is 0. The van der Waals surface area contributed by atoms with Gasteiger partial charge in [0, 0.05) is 28.3 Å². The van der Waals surface area contributed by atoms with E-state index in [9.17, 15) is 9.59 Å². The summed E-state index contributed by atoms with van der Waals surface area (Å²) in [4.78, 5) is 25.1. The van der Waals surface area contributed by atoms with Gasteiger partial charge in [-0.25, -0.2) is 0 Å². The van der Waals surface area contributed by atoms with Crippen molar-refractivity contribution in [2.45, 2.75) is 11.6 Å². The van der Waals surface area contributed by atoms with Crippen LogP contribution >= 0.6 is 0 Å². The lowest BCUT2D eigenvalue weighted by atomic mass is 9.60. The van der Waals surface area contributed by atoms with Gasteiger partial charge in [-0.2, -0.15) is 0 Å². The Morgan fingerprint density at radius 1 is 0.700 bits per heavy atom. The predicted octanol–water partition coefficient (Wildman–Crippen LogP) is 1.09. The molecule has 0 fully saturated rings. The Kier molecular flexibility index (Phi) is 2.18. The molecule has 0 aliphatic heterocycles. The van der Waals surface area contributed by atoms with Crippen LogP contribution in [0.3, 0.4) is 0 Å². The third-order valence-corrected chi connectivity index (χ3v) is 4.69. The van der Waals surface area contributed by atoms with Gasteiger partial charge < -0.3 is 0 Å². The zero-order valence-electron chi connectivity index (χ0n) is 11.4. The van der Waals surface area contributed by atoms with Gasteiger partial charge in [-0.05, 0) is 16.7 Å². The second-order valence-electron chi connectivity index (χ2n) is 5.71. The molecule has 0 saturated carbocycles. The van der Waals surface area contributed by atoms with Crippen molar-refractivity contribution in [3.8, 4) is 11.1 Å². The molecule has 2 nitrogen and oxygen atoms in total. The van der Waals surface area contributed by atoms with Crippen molar-refractivity contribution in [2.75, 3.05) is 0 Å². The summed E-state index contributed by atoms with van der Waals surface area (Å²) in [6.07, 6.45) is 0. The van der Waals surface area contributed by atoms with Crippen molar-refractivity contribution in [1.29, 1.82) is 0 Å². The van der Waals surface area contributed by atoms with Crippen LogP contribution in [0.5, 0.6) is 0 Å². The monoisotopic (exact) mass is 258 g/mol. The normalized spacial score (nSPS) is 22.6. The van der Waals surface area contributed by atoms with Crippen molar-refractivity contribution in [2.24, 2.45) is 0 Å². The van der Waals surface area contributed by atoms with Crippen molar-refractivity contribution in [3.05, 3.63) is 58.7 Å². The maximum absolute atomic E-state index is 12.5. The van der Waals surface area contributed by atoms with E-state index < -0.39 is 0 Å². The maximum atomic E-state index is 12.5. The first-order chi connectivity index (χ1) is 9.61. The number of benzene rings is 2. The minimum atomic E-state index is -0.131. The Hall–Kier alpha value is -2.09. The van der Waals surface area contributed by atoms with Gasteiger partial charge in [-0.15, -0.1) is 0 Å². The minimum Gasteiger partial charge on any atom is -0.294 e. The number of hydrogen-bond donors (Lipinski definition) is 0. The SMILES string of the molecule is BC1C(=O)c2cccc3c2-c2c1cccc2C(B)C3=O. The maximum Gasteiger partial charge on any atom is 0.162 e. The number of hydrogen-bond acceptors (Lipinski definition) is 2. The number of ketones is 2. The summed E-state index contributed by atoms with van der Waals surface area (Å²) in [6.45, 7) is 0. The highest BCUT2D eigenvalue weighted by atomic mass is 16.1. The van der Waals surface area contributed by atoms with E-state index in [1.807, 2.05) is 52.1 Å². The van der Waals surface area contributed by atoms with Crippen molar-refractivity contribution in [3.63, 3.8) is 0 Å². The largest absolute Gasteiger partial charge is 0.294 e. The first kappa shape index (κ1) is 11.7. The Labute approximate surface area is 119 Å². The van der Waals surface area contributed by atoms with Crippen LogP contribution in [0.2, 0.25) is 0 Å². The van der Waals surface area contributed by atoms with Crippen molar-refractivity contribution >= 4 is 27.3 Å². The number of carbonyl (C=O) groups is 2. The van der Waals surface area contributed by atoms with Gasteiger partial charge in [0.2, 0.25) is 0 Å². The predicted molar refractivity (Wildman–Crippen MR) is 83.1 cm³/mol. The Morgan fingerprint density at radius 2 is 1.15 bits per heavy atom. The third kappa shape index (κ3) is 1.22. The lowest BCUT2D eigenvalue weighted by molar-refractivity contribution is 0.0983. The molecule has 0 bridgehead atoms. The lowest BCUT2D eigenvalue weighted by Crippen LogP contribution is -2.28. The summed E-state index contributed by atoms with van der Waals surface area (Å²) >= 11 is 0. The van der Waals surface area contributed by atoms with Gasteiger partial charge >= 0.3 is 0 Å². The average molecular weight is 258 g/mol. The Bertz CT molecular complexity index is 737. The lowest BCUT2D eigenvalue weighted by Gasteiger charge is -2.33. The van der Waals surface area contributed by atoms with E-state index in [4.69, 9.17) is 0 Å². The molecule has 4 rings (SSSR count). The average Bonchev–Trinajstić information content (AvgIpc) is 2.48. The molecule has 4 heteroatoms. The summed E-state index contributed by atoms with van der Waals surface area (Å²) < 4.78 is 0. The molecule has 0 heterocycles. The van der Waals surface area contributed by atoms with Crippen LogP contribution in [0.25, 0.3) is 11.1 Å². The van der Waals surface area contributed by atoms with E-state index in [2.05, 4.69) is 0 Å². The highest BCUT2D eigenvalue weighted by Crippen LogP contribution is 2.47. The number of Topliss-reactive ketones (excluding diaryl/α,β-unsaturated/α-hetero) is 2.